The lowest BCUT2D eigenvalue weighted by Crippen LogP contribution is -2.41. The van der Waals surface area contributed by atoms with Gasteiger partial charge in [0, 0.05) is 58.6 Å². The topological polar surface area (TPSA) is 123 Å². The maximum Gasteiger partial charge on any atom is 0.182 e. The number of hydrogen-bond acceptors (Lipinski definition) is 13. The Kier molecular flexibility index (Phi) is 13.3. The molecule has 0 heterocycles. The molecule has 0 aromatic carbocycles. The Morgan fingerprint density at radius 2 is 0.810 bits per heavy atom. The van der Waals surface area contributed by atoms with Crippen molar-refractivity contribution >= 4 is 72.3 Å². The standard InChI is InChI=1S/HNO12Si8/c14-20(15,16)12-10-8-6-4-2-1-3-5-7-9-11-13-21(17,18)19/h1H. The highest BCUT2D eigenvalue weighted by molar-refractivity contribution is 7.57. The first-order chi connectivity index (χ1) is 9.71. The quantitative estimate of drug-likeness (QED) is 0.123. The molecule has 0 aromatic rings. The Bertz CT molecular complexity index is 214. The van der Waals surface area contributed by atoms with E-state index in [1.165, 1.54) is 5.64 Å². The van der Waals surface area contributed by atoms with E-state index in [4.69, 9.17) is 0 Å². The first-order valence-electron chi connectivity index (χ1n) is 3.98. The molecule has 0 bridgehead atoms. The van der Waals surface area contributed by atoms with Crippen LogP contribution in [0, 0.1) is 0 Å². The van der Waals surface area contributed by atoms with Gasteiger partial charge in [0.15, 0.2) is 13.7 Å². The SMILES string of the molecule is [Si][Si]([Si])([Si])OOOOOONOOOOOO[Si]([Si])([Si])[Si]. The van der Waals surface area contributed by atoms with Gasteiger partial charge in [-0.1, -0.05) is 9.98 Å². The monoisotopic (exact) mass is 431 g/mol. The van der Waals surface area contributed by atoms with Crippen molar-refractivity contribution in [3.63, 3.8) is 0 Å². The van der Waals surface area contributed by atoms with E-state index in [1.807, 2.05) is 0 Å². The second kappa shape index (κ2) is 12.6. The average molecular weight is 432 g/mol. The van der Waals surface area contributed by atoms with Gasteiger partial charge in [0.05, 0.1) is 0 Å². The van der Waals surface area contributed by atoms with Crippen molar-refractivity contribution in [2.75, 3.05) is 0 Å². The minimum Gasteiger partial charge on any atom is -0.267 e. The van der Waals surface area contributed by atoms with E-state index in [0.717, 1.165) is 0 Å². The second-order valence-electron chi connectivity index (χ2n) is 2.32. The van der Waals surface area contributed by atoms with Gasteiger partial charge in [-0.15, -0.1) is 0 Å². The van der Waals surface area contributed by atoms with E-state index in [9.17, 15) is 0 Å². The third-order valence-electron chi connectivity index (χ3n) is 0.621. The summed E-state index contributed by atoms with van der Waals surface area (Å²) in [6.07, 6.45) is 0. The summed E-state index contributed by atoms with van der Waals surface area (Å²) in [6.45, 7) is -4.99. The van der Waals surface area contributed by atoms with E-state index >= 15 is 0 Å². The van der Waals surface area contributed by atoms with Gasteiger partial charge in [-0.3, -0.25) is 9.15 Å². The van der Waals surface area contributed by atoms with Crippen molar-refractivity contribution in [2.24, 2.45) is 0 Å². The summed E-state index contributed by atoms with van der Waals surface area (Å²) >= 11 is 0. The van der Waals surface area contributed by atoms with Gasteiger partial charge in [0.25, 0.3) is 0 Å². The lowest BCUT2D eigenvalue weighted by molar-refractivity contribution is -0.788. The molecule has 0 rings (SSSR count). The van der Waals surface area contributed by atoms with Crippen LogP contribution in [0.1, 0.15) is 0 Å². The Labute approximate surface area is 137 Å². The fourth-order valence-electron chi connectivity index (χ4n) is 0.245. The number of nitrogens with one attached hydrogen (secondary N) is 1. The Balaban J connectivity index is 3.10. The van der Waals surface area contributed by atoms with Crippen molar-refractivity contribution in [3.8, 4) is 0 Å². The van der Waals surface area contributed by atoms with E-state index in [1.54, 1.807) is 0 Å². The van der Waals surface area contributed by atoms with Crippen molar-refractivity contribution in [3.05, 3.63) is 0 Å². The van der Waals surface area contributed by atoms with Crippen molar-refractivity contribution in [1.82, 2.24) is 5.64 Å². The van der Waals surface area contributed by atoms with Crippen molar-refractivity contribution < 1.29 is 59.4 Å². The average Bonchev–Trinajstić information content (AvgIpc) is 2.32. The molecule has 0 atom stereocenters. The summed E-state index contributed by atoms with van der Waals surface area (Å²) < 4.78 is 8.97. The maximum absolute atomic E-state index is 4.49. The van der Waals surface area contributed by atoms with Gasteiger partial charge in [0.1, 0.15) is 0 Å². The molecule has 13 nitrogen and oxygen atoms in total. The summed E-state index contributed by atoms with van der Waals surface area (Å²) in [5.74, 6) is 0. The van der Waals surface area contributed by atoms with Crippen molar-refractivity contribution in [2.45, 2.75) is 0 Å². The zero-order chi connectivity index (χ0) is 16.2. The van der Waals surface area contributed by atoms with E-state index in [0.29, 0.717) is 0 Å². The third kappa shape index (κ3) is 21.2. The van der Waals surface area contributed by atoms with Crippen LogP contribution in [0.25, 0.3) is 0 Å². The molecule has 1 N–H and O–H groups in total. The summed E-state index contributed by atoms with van der Waals surface area (Å²) in [7, 11) is 18.5. The largest absolute Gasteiger partial charge is 0.267 e. The lowest BCUT2D eigenvalue weighted by Gasteiger charge is -2.12. The Hall–Kier alpha value is 1.22. The van der Waals surface area contributed by atoms with E-state index in [-0.39, 0.29) is 0 Å². The van der Waals surface area contributed by atoms with Crippen LogP contribution in [0.5, 0.6) is 0 Å². The highest BCUT2D eigenvalue weighted by Crippen LogP contribution is 1.92. The summed E-state index contributed by atoms with van der Waals surface area (Å²) in [6, 6.07) is 0. The van der Waals surface area contributed by atoms with Crippen LogP contribution in [0.15, 0.2) is 0 Å². The molecule has 110 valence electrons. The van der Waals surface area contributed by atoms with E-state index in [2.05, 4.69) is 118 Å². The van der Waals surface area contributed by atoms with Gasteiger partial charge in [-0.2, -0.15) is 0 Å². The third-order valence-corrected chi connectivity index (χ3v) is 2.76. The molecule has 0 saturated carbocycles. The highest BCUT2D eigenvalue weighted by atomic mass is 29.9. The molecule has 21 heavy (non-hydrogen) atoms. The smallest absolute Gasteiger partial charge is 0.182 e. The van der Waals surface area contributed by atoms with Crippen LogP contribution < -0.4 is 5.64 Å². The fraction of sp³-hybridized carbons (Fsp3) is 0. The minimum absolute atomic E-state index is 1.51. The van der Waals surface area contributed by atoms with Gasteiger partial charge in [-0.25, -0.2) is 0 Å². The molecule has 0 amide bonds. The zero-order valence-corrected chi connectivity index (χ0v) is 17.4. The normalized spacial score (nSPS) is 12.9. The van der Waals surface area contributed by atoms with Crippen molar-refractivity contribution in [1.29, 1.82) is 0 Å². The maximum atomic E-state index is 4.49. The first kappa shape index (κ1) is 22.2. The molecule has 0 aliphatic rings. The number of rotatable bonds is 14. The summed E-state index contributed by atoms with van der Waals surface area (Å²) in [4.78, 5) is 7.79. The molecular weight excluding hydrogens is 431 g/mol. The zero-order valence-electron chi connectivity index (χ0n) is 9.40. The van der Waals surface area contributed by atoms with Crippen LogP contribution in [0.3, 0.4) is 0 Å². The minimum atomic E-state index is -2.49. The predicted octanol–water partition coefficient (Wildman–Crippen LogP) is -4.36. The molecular formula is HNO12Si8. The summed E-state index contributed by atoms with van der Waals surface area (Å²) in [5.41, 5.74) is 1.51. The van der Waals surface area contributed by atoms with Gasteiger partial charge in [-0.05, 0) is 45.9 Å². The van der Waals surface area contributed by atoms with Gasteiger partial charge in [0.2, 0.25) is 0 Å². The predicted molar refractivity (Wildman–Crippen MR) is 62.2 cm³/mol. The molecule has 0 aliphatic carbocycles. The Morgan fingerprint density at radius 3 is 1.14 bits per heavy atom. The highest BCUT2D eigenvalue weighted by Gasteiger charge is 2.17. The molecule has 0 spiro atoms. The van der Waals surface area contributed by atoms with E-state index < -0.39 is 13.7 Å². The second-order valence-corrected chi connectivity index (χ2v) is 27.1. The van der Waals surface area contributed by atoms with Crippen LogP contribution in [0.4, 0.5) is 0 Å². The van der Waals surface area contributed by atoms with Gasteiger partial charge >= 0.3 is 0 Å². The van der Waals surface area contributed by atoms with Crippen LogP contribution in [-0.4, -0.2) is 72.3 Å². The van der Waals surface area contributed by atoms with Crippen LogP contribution in [0.2, 0.25) is 0 Å². The molecule has 0 unspecified atom stereocenters. The molecule has 0 aromatic heterocycles. The fourth-order valence-corrected chi connectivity index (χ4v) is 1.12. The molecule has 0 saturated heterocycles. The van der Waals surface area contributed by atoms with Gasteiger partial charge < -0.3 is 0 Å². The molecule has 21 heteroatoms. The lowest BCUT2D eigenvalue weighted by atomic mass is 13.2. The molecule has 0 fully saturated rings. The Morgan fingerprint density at radius 1 is 0.476 bits per heavy atom. The molecule has 18 radical (unpaired) electrons. The molecule has 0 aliphatic heterocycles. The van der Waals surface area contributed by atoms with Crippen LogP contribution in [-0.2, 0) is 59.4 Å². The summed E-state index contributed by atoms with van der Waals surface area (Å²) in [5, 5.41) is 30.8. The first-order valence-corrected chi connectivity index (χ1v) is 16.8. The van der Waals surface area contributed by atoms with Crippen LogP contribution >= 0.6 is 0 Å². The number of hydrogen-bond donors (Lipinski definition) is 1.